The highest BCUT2D eigenvalue weighted by Gasteiger charge is 2.32. The molecule has 1 aromatic heterocycles. The van der Waals surface area contributed by atoms with Crippen molar-refractivity contribution in [2.45, 2.75) is 58.5 Å². The van der Waals surface area contributed by atoms with Crippen molar-refractivity contribution in [3.63, 3.8) is 0 Å². The van der Waals surface area contributed by atoms with Gasteiger partial charge >= 0.3 is 0 Å². The van der Waals surface area contributed by atoms with Gasteiger partial charge in [0.15, 0.2) is 0 Å². The first-order valence-corrected chi connectivity index (χ1v) is 8.50. The van der Waals surface area contributed by atoms with Crippen molar-refractivity contribution in [1.82, 2.24) is 9.78 Å². The Morgan fingerprint density at radius 1 is 1.38 bits per heavy atom. The van der Waals surface area contributed by atoms with Crippen LogP contribution < -0.4 is 10.9 Å². The second-order valence-corrected chi connectivity index (χ2v) is 7.06. The molecule has 0 bridgehead atoms. The summed E-state index contributed by atoms with van der Waals surface area (Å²) in [5, 5.41) is 8.04. The molecule has 0 aromatic carbocycles. The fourth-order valence-electron chi connectivity index (χ4n) is 3.49. The minimum absolute atomic E-state index is 0.0680. The van der Waals surface area contributed by atoms with Crippen molar-refractivity contribution < 1.29 is 0 Å². The zero-order valence-corrected chi connectivity index (χ0v) is 13.6. The van der Waals surface area contributed by atoms with Crippen LogP contribution in [0.3, 0.4) is 0 Å². The average molecular weight is 310 g/mol. The van der Waals surface area contributed by atoms with Crippen LogP contribution in [0.4, 0.5) is 5.69 Å². The second-order valence-electron chi connectivity index (χ2n) is 6.65. The Morgan fingerprint density at radius 3 is 2.76 bits per heavy atom. The molecule has 0 amide bonds. The Kier molecular flexibility index (Phi) is 4.25. The lowest BCUT2D eigenvalue weighted by Crippen LogP contribution is -2.32. The quantitative estimate of drug-likeness (QED) is 0.905. The molecule has 4 nitrogen and oxygen atoms in total. The van der Waals surface area contributed by atoms with E-state index in [-0.39, 0.29) is 5.56 Å². The smallest absolute Gasteiger partial charge is 0.291 e. The van der Waals surface area contributed by atoms with E-state index in [9.17, 15) is 4.79 Å². The Hall–Kier alpha value is -1.03. The number of hydrogen-bond acceptors (Lipinski definition) is 3. The summed E-state index contributed by atoms with van der Waals surface area (Å²) >= 11 is 6.21. The van der Waals surface area contributed by atoms with Crippen LogP contribution in [0, 0.1) is 17.8 Å². The van der Waals surface area contributed by atoms with E-state index in [4.69, 9.17) is 11.6 Å². The fourth-order valence-corrected chi connectivity index (χ4v) is 3.67. The molecule has 1 heterocycles. The molecule has 2 fully saturated rings. The first kappa shape index (κ1) is 14.9. The van der Waals surface area contributed by atoms with Crippen LogP contribution in [0.1, 0.15) is 46.0 Å². The molecule has 3 atom stereocenters. The Bertz CT molecular complexity index is 567. The maximum absolute atomic E-state index is 12.6. The molecule has 0 spiro atoms. The number of halogens is 1. The van der Waals surface area contributed by atoms with Crippen molar-refractivity contribution in [2.75, 3.05) is 5.32 Å². The van der Waals surface area contributed by atoms with Gasteiger partial charge in [-0.2, -0.15) is 5.10 Å². The maximum atomic E-state index is 12.6. The third kappa shape index (κ3) is 3.10. The molecule has 21 heavy (non-hydrogen) atoms. The molecule has 2 aliphatic rings. The molecule has 1 aromatic rings. The number of hydrogen-bond donors (Lipinski definition) is 1. The highest BCUT2D eigenvalue weighted by atomic mass is 35.5. The van der Waals surface area contributed by atoms with Crippen LogP contribution in [0.25, 0.3) is 0 Å². The van der Waals surface area contributed by atoms with Gasteiger partial charge in [0.1, 0.15) is 5.69 Å². The molecule has 3 unspecified atom stereocenters. The van der Waals surface area contributed by atoms with Gasteiger partial charge in [-0.25, -0.2) is 4.68 Å². The lowest BCUT2D eigenvalue weighted by Gasteiger charge is -2.22. The van der Waals surface area contributed by atoms with E-state index in [1.807, 2.05) is 0 Å². The SMILES string of the molecule is CCC1CCC(Nc2c(Cl)cnn(CC3CC3)c2=O)C1C. The van der Waals surface area contributed by atoms with Gasteiger partial charge in [0.2, 0.25) is 0 Å². The van der Waals surface area contributed by atoms with Crippen LogP contribution in [-0.4, -0.2) is 15.8 Å². The van der Waals surface area contributed by atoms with Gasteiger partial charge in [-0.1, -0.05) is 31.9 Å². The van der Waals surface area contributed by atoms with E-state index in [0.29, 0.717) is 28.6 Å². The van der Waals surface area contributed by atoms with Gasteiger partial charge in [-0.15, -0.1) is 0 Å². The summed E-state index contributed by atoms with van der Waals surface area (Å²) in [6.07, 6.45) is 7.56. The Morgan fingerprint density at radius 2 is 2.14 bits per heavy atom. The molecule has 116 valence electrons. The van der Waals surface area contributed by atoms with E-state index in [1.54, 1.807) is 10.9 Å². The van der Waals surface area contributed by atoms with E-state index < -0.39 is 0 Å². The predicted molar refractivity (Wildman–Crippen MR) is 85.8 cm³/mol. The summed E-state index contributed by atoms with van der Waals surface area (Å²) in [6, 6.07) is 0.344. The molecule has 2 saturated carbocycles. The van der Waals surface area contributed by atoms with Crippen molar-refractivity contribution in [3.8, 4) is 0 Å². The van der Waals surface area contributed by atoms with E-state index in [0.717, 1.165) is 18.9 Å². The zero-order chi connectivity index (χ0) is 15.0. The van der Waals surface area contributed by atoms with Gasteiger partial charge in [-0.05, 0) is 43.4 Å². The number of anilines is 1. The van der Waals surface area contributed by atoms with Crippen LogP contribution in [-0.2, 0) is 6.54 Å². The molecule has 0 aliphatic heterocycles. The van der Waals surface area contributed by atoms with Gasteiger partial charge in [0, 0.05) is 12.6 Å². The highest BCUT2D eigenvalue weighted by molar-refractivity contribution is 6.33. The summed E-state index contributed by atoms with van der Waals surface area (Å²) in [5.74, 6) is 1.95. The molecule has 0 saturated heterocycles. The van der Waals surface area contributed by atoms with Crippen LogP contribution in [0.15, 0.2) is 11.0 Å². The van der Waals surface area contributed by atoms with E-state index >= 15 is 0 Å². The Labute approximate surface area is 130 Å². The summed E-state index contributed by atoms with van der Waals surface area (Å²) in [5.41, 5.74) is 0.475. The van der Waals surface area contributed by atoms with Crippen LogP contribution in [0.2, 0.25) is 5.02 Å². The Balaban J connectivity index is 1.79. The predicted octanol–water partition coefficient (Wildman–Crippen LogP) is 3.54. The molecular formula is C16H24ClN3O. The van der Waals surface area contributed by atoms with Crippen molar-refractivity contribution in [3.05, 3.63) is 21.6 Å². The summed E-state index contributed by atoms with van der Waals surface area (Å²) in [7, 11) is 0. The lowest BCUT2D eigenvalue weighted by atomic mass is 9.93. The van der Waals surface area contributed by atoms with Gasteiger partial charge in [0.05, 0.1) is 11.2 Å². The molecule has 5 heteroatoms. The molecular weight excluding hydrogens is 286 g/mol. The lowest BCUT2D eigenvalue weighted by molar-refractivity contribution is 0.391. The van der Waals surface area contributed by atoms with Crippen molar-refractivity contribution in [1.29, 1.82) is 0 Å². The molecule has 0 radical (unpaired) electrons. The monoisotopic (exact) mass is 309 g/mol. The molecule has 3 rings (SSSR count). The standard InChI is InChI=1S/C16H24ClN3O/c1-3-12-6-7-14(10(12)2)19-15-13(17)8-18-20(16(15)21)9-11-4-5-11/h8,10-12,14,19H,3-7,9H2,1-2H3. The summed E-state index contributed by atoms with van der Waals surface area (Å²) in [4.78, 5) is 12.6. The summed E-state index contributed by atoms with van der Waals surface area (Å²) in [6.45, 7) is 5.24. The topological polar surface area (TPSA) is 46.9 Å². The third-order valence-electron chi connectivity index (χ3n) is 5.21. The number of nitrogens with one attached hydrogen (secondary N) is 1. The minimum atomic E-state index is -0.0680. The van der Waals surface area contributed by atoms with E-state index in [2.05, 4.69) is 24.3 Å². The van der Waals surface area contributed by atoms with Crippen molar-refractivity contribution >= 4 is 17.3 Å². The largest absolute Gasteiger partial charge is 0.376 e. The number of rotatable bonds is 5. The first-order valence-electron chi connectivity index (χ1n) is 8.12. The van der Waals surface area contributed by atoms with E-state index in [1.165, 1.54) is 25.7 Å². The second kappa shape index (κ2) is 5.99. The number of aromatic nitrogens is 2. The number of nitrogens with zero attached hydrogens (tertiary/aromatic N) is 2. The van der Waals surface area contributed by atoms with Crippen LogP contribution >= 0.6 is 11.6 Å². The molecule has 2 aliphatic carbocycles. The third-order valence-corrected chi connectivity index (χ3v) is 5.49. The highest BCUT2D eigenvalue weighted by Crippen LogP contribution is 2.36. The van der Waals surface area contributed by atoms with Crippen LogP contribution in [0.5, 0.6) is 0 Å². The minimum Gasteiger partial charge on any atom is -0.376 e. The summed E-state index contributed by atoms with van der Waals surface area (Å²) < 4.78 is 1.57. The maximum Gasteiger partial charge on any atom is 0.291 e. The van der Waals surface area contributed by atoms with Crippen molar-refractivity contribution in [2.24, 2.45) is 17.8 Å². The fraction of sp³-hybridized carbons (Fsp3) is 0.750. The average Bonchev–Trinajstić information content (AvgIpc) is 3.22. The van der Waals surface area contributed by atoms with Gasteiger partial charge in [-0.3, -0.25) is 4.79 Å². The first-order chi connectivity index (χ1) is 10.1. The van der Waals surface area contributed by atoms with Gasteiger partial charge < -0.3 is 5.32 Å². The molecule has 1 N–H and O–H groups in total. The normalized spacial score (nSPS) is 28.8. The van der Waals surface area contributed by atoms with Gasteiger partial charge in [0.25, 0.3) is 5.56 Å². The zero-order valence-electron chi connectivity index (χ0n) is 12.8.